The molecule has 1 fully saturated rings. The Hall–Kier alpha value is 0.0169. The van der Waals surface area contributed by atoms with Gasteiger partial charge in [0.05, 0.1) is 19.8 Å². The molecule has 0 unspecified atom stereocenters. The highest BCUT2D eigenvalue weighted by molar-refractivity contribution is 6.60. The average molecular weight is 250 g/mol. The first-order valence-electron chi connectivity index (χ1n) is 5.62. The molecule has 0 aromatic rings. The second kappa shape index (κ2) is 6.09. The lowest BCUT2D eigenvalue weighted by atomic mass is 10.3. The highest BCUT2D eigenvalue weighted by atomic mass is 28.4. The second-order valence-electron chi connectivity index (χ2n) is 3.92. The van der Waals surface area contributed by atoms with Gasteiger partial charge in [0, 0.05) is 20.3 Å². The van der Waals surface area contributed by atoms with Crippen LogP contribution in [0.25, 0.3) is 0 Å². The summed E-state index contributed by atoms with van der Waals surface area (Å²) in [6.07, 6.45) is 0.931. The Balaban J connectivity index is 2.47. The molecule has 0 aromatic carbocycles. The summed E-state index contributed by atoms with van der Waals surface area (Å²) in [6, 6.07) is 0.732. The molecular weight excluding hydrogens is 228 g/mol. The van der Waals surface area contributed by atoms with E-state index in [2.05, 4.69) is 0 Å². The van der Waals surface area contributed by atoms with Crippen LogP contribution in [0.2, 0.25) is 6.04 Å². The summed E-state index contributed by atoms with van der Waals surface area (Å²) >= 11 is 0. The molecule has 1 rings (SSSR count). The zero-order chi connectivity index (χ0) is 12.1. The van der Waals surface area contributed by atoms with Crippen molar-refractivity contribution in [1.29, 1.82) is 0 Å². The Labute approximate surface area is 98.3 Å². The van der Waals surface area contributed by atoms with Crippen molar-refractivity contribution in [3.63, 3.8) is 0 Å². The molecule has 1 aliphatic heterocycles. The van der Waals surface area contributed by atoms with E-state index in [0.717, 1.165) is 12.5 Å². The highest BCUT2D eigenvalue weighted by Crippen LogP contribution is 2.22. The Morgan fingerprint density at radius 3 is 2.19 bits per heavy atom. The fourth-order valence-electron chi connectivity index (χ4n) is 1.59. The Morgan fingerprint density at radius 1 is 1.19 bits per heavy atom. The van der Waals surface area contributed by atoms with E-state index in [0.29, 0.717) is 19.8 Å². The van der Waals surface area contributed by atoms with Crippen molar-refractivity contribution in [2.24, 2.45) is 0 Å². The van der Waals surface area contributed by atoms with Crippen molar-refractivity contribution in [3.05, 3.63) is 0 Å². The summed E-state index contributed by atoms with van der Waals surface area (Å²) in [4.78, 5) is 0. The molecule has 0 spiro atoms. The SMILES string of the molecule is CC[Si](OC)(OC)OCC1(C)OCCCO1. The van der Waals surface area contributed by atoms with Crippen LogP contribution >= 0.6 is 0 Å². The molecule has 1 saturated heterocycles. The number of ether oxygens (including phenoxy) is 2. The summed E-state index contributed by atoms with van der Waals surface area (Å²) in [7, 11) is 0.722. The van der Waals surface area contributed by atoms with E-state index >= 15 is 0 Å². The van der Waals surface area contributed by atoms with Crippen molar-refractivity contribution < 1.29 is 22.8 Å². The van der Waals surface area contributed by atoms with Gasteiger partial charge in [-0.25, -0.2) is 0 Å². The minimum Gasteiger partial charge on any atom is -0.377 e. The van der Waals surface area contributed by atoms with E-state index in [1.165, 1.54) is 0 Å². The van der Waals surface area contributed by atoms with Gasteiger partial charge in [0.25, 0.3) is 0 Å². The molecule has 0 N–H and O–H groups in total. The van der Waals surface area contributed by atoms with E-state index in [9.17, 15) is 0 Å². The van der Waals surface area contributed by atoms with E-state index in [1.807, 2.05) is 13.8 Å². The van der Waals surface area contributed by atoms with Gasteiger partial charge < -0.3 is 22.8 Å². The standard InChI is InChI=1S/C10H22O5Si/c1-5-16(11-3,12-4)15-9-10(2)13-7-6-8-14-10/h5-9H2,1-4H3. The maximum absolute atomic E-state index is 5.76. The Bertz CT molecular complexity index is 193. The van der Waals surface area contributed by atoms with Gasteiger partial charge in [0.2, 0.25) is 0 Å². The lowest BCUT2D eigenvalue weighted by Crippen LogP contribution is -2.50. The number of hydrogen-bond donors (Lipinski definition) is 0. The molecule has 96 valence electrons. The highest BCUT2D eigenvalue weighted by Gasteiger charge is 2.40. The van der Waals surface area contributed by atoms with Crippen LogP contribution in [0.3, 0.4) is 0 Å². The predicted molar refractivity (Wildman–Crippen MR) is 61.1 cm³/mol. The number of hydrogen-bond acceptors (Lipinski definition) is 5. The van der Waals surface area contributed by atoms with E-state index < -0.39 is 14.6 Å². The van der Waals surface area contributed by atoms with E-state index in [1.54, 1.807) is 14.2 Å². The van der Waals surface area contributed by atoms with Crippen LogP contribution in [-0.2, 0) is 22.8 Å². The molecule has 16 heavy (non-hydrogen) atoms. The largest absolute Gasteiger partial charge is 0.500 e. The van der Waals surface area contributed by atoms with Gasteiger partial charge in [0.1, 0.15) is 0 Å². The van der Waals surface area contributed by atoms with Gasteiger partial charge in [-0.15, -0.1) is 0 Å². The molecule has 6 heteroatoms. The second-order valence-corrected chi connectivity index (χ2v) is 7.10. The molecule has 0 amide bonds. The predicted octanol–water partition coefficient (Wildman–Crippen LogP) is 1.41. The quantitative estimate of drug-likeness (QED) is 0.667. The van der Waals surface area contributed by atoms with Gasteiger partial charge in [-0.2, -0.15) is 0 Å². The third kappa shape index (κ3) is 3.51. The van der Waals surface area contributed by atoms with Crippen LogP contribution < -0.4 is 0 Å². The minimum atomic E-state index is -2.51. The smallest absolute Gasteiger partial charge is 0.377 e. The van der Waals surface area contributed by atoms with E-state index in [4.69, 9.17) is 22.8 Å². The molecule has 5 nitrogen and oxygen atoms in total. The molecule has 0 radical (unpaired) electrons. The molecule has 0 atom stereocenters. The first-order valence-corrected chi connectivity index (χ1v) is 7.55. The van der Waals surface area contributed by atoms with Crippen LogP contribution in [-0.4, -0.2) is 48.6 Å². The van der Waals surface area contributed by atoms with Gasteiger partial charge in [0.15, 0.2) is 5.79 Å². The zero-order valence-electron chi connectivity index (χ0n) is 10.6. The Kier molecular flexibility index (Phi) is 5.36. The van der Waals surface area contributed by atoms with Crippen molar-refractivity contribution in [2.75, 3.05) is 34.0 Å². The third-order valence-corrected chi connectivity index (χ3v) is 5.41. The topological polar surface area (TPSA) is 46.2 Å². The summed E-state index contributed by atoms with van der Waals surface area (Å²) in [5, 5.41) is 0. The monoisotopic (exact) mass is 250 g/mol. The van der Waals surface area contributed by atoms with Gasteiger partial charge in [-0.1, -0.05) is 6.92 Å². The molecular formula is C10H22O5Si. The molecule has 0 aliphatic carbocycles. The zero-order valence-corrected chi connectivity index (χ0v) is 11.6. The minimum absolute atomic E-state index is 0.342. The van der Waals surface area contributed by atoms with Crippen LogP contribution in [0.5, 0.6) is 0 Å². The fourth-order valence-corrected chi connectivity index (χ4v) is 3.26. The summed E-state index contributed by atoms with van der Waals surface area (Å²) in [5.74, 6) is -0.664. The van der Waals surface area contributed by atoms with Crippen LogP contribution in [0.4, 0.5) is 0 Å². The van der Waals surface area contributed by atoms with Crippen LogP contribution in [0.15, 0.2) is 0 Å². The molecule has 0 saturated carbocycles. The van der Waals surface area contributed by atoms with Gasteiger partial charge in [-0.3, -0.25) is 0 Å². The normalized spacial score (nSPS) is 21.0. The fraction of sp³-hybridized carbons (Fsp3) is 1.00. The average Bonchev–Trinajstić information content (AvgIpc) is 2.33. The van der Waals surface area contributed by atoms with Gasteiger partial charge >= 0.3 is 8.80 Å². The maximum atomic E-state index is 5.76. The summed E-state index contributed by atoms with van der Waals surface area (Å²) in [6.45, 7) is 5.63. The first kappa shape index (κ1) is 14.1. The van der Waals surface area contributed by atoms with Gasteiger partial charge in [-0.05, 0) is 13.3 Å². The summed E-state index contributed by atoms with van der Waals surface area (Å²) in [5.41, 5.74) is 0. The van der Waals surface area contributed by atoms with Crippen molar-refractivity contribution in [2.45, 2.75) is 32.1 Å². The lowest BCUT2D eigenvalue weighted by molar-refractivity contribution is -0.271. The summed E-state index contributed by atoms with van der Waals surface area (Å²) < 4.78 is 27.6. The lowest BCUT2D eigenvalue weighted by Gasteiger charge is -2.36. The first-order chi connectivity index (χ1) is 7.60. The molecule has 1 heterocycles. The number of rotatable bonds is 6. The maximum Gasteiger partial charge on any atom is 0.500 e. The Morgan fingerprint density at radius 2 is 1.75 bits per heavy atom. The molecule has 0 aromatic heterocycles. The van der Waals surface area contributed by atoms with E-state index in [-0.39, 0.29) is 0 Å². The van der Waals surface area contributed by atoms with Crippen molar-refractivity contribution >= 4 is 8.80 Å². The molecule has 0 bridgehead atoms. The van der Waals surface area contributed by atoms with Crippen LogP contribution in [0, 0.1) is 0 Å². The van der Waals surface area contributed by atoms with Crippen LogP contribution in [0.1, 0.15) is 20.3 Å². The van der Waals surface area contributed by atoms with Crippen molar-refractivity contribution in [1.82, 2.24) is 0 Å². The van der Waals surface area contributed by atoms with Crippen molar-refractivity contribution in [3.8, 4) is 0 Å². The third-order valence-electron chi connectivity index (χ3n) is 2.71. The molecule has 1 aliphatic rings.